The van der Waals surface area contributed by atoms with E-state index in [1.165, 1.54) is 11.8 Å². The Balaban J connectivity index is 1.42. The molecule has 1 atom stereocenters. The van der Waals surface area contributed by atoms with Crippen molar-refractivity contribution in [2.24, 2.45) is 0 Å². The third kappa shape index (κ3) is 3.51. The number of carbonyl (C=O) groups excluding carboxylic acids is 1. The molecule has 3 heterocycles. The normalized spacial score (nSPS) is 12.3. The Morgan fingerprint density at radius 2 is 2.19 bits per heavy atom. The lowest BCUT2D eigenvalue weighted by atomic mass is 10.2. The molecule has 1 aromatic carbocycles. The first-order valence-corrected chi connectivity index (χ1v) is 9.83. The molecule has 0 aliphatic carbocycles. The largest absolute Gasteiger partial charge is 0.411 e. The summed E-state index contributed by atoms with van der Waals surface area (Å²) in [5.74, 6) is 0.381. The van der Waals surface area contributed by atoms with Gasteiger partial charge in [-0.2, -0.15) is 0 Å². The van der Waals surface area contributed by atoms with Crippen LogP contribution in [0, 0.1) is 0 Å². The molecular formula is C18H16N4O2S2. The van der Waals surface area contributed by atoms with E-state index in [9.17, 15) is 4.79 Å². The van der Waals surface area contributed by atoms with E-state index in [1.807, 2.05) is 54.9 Å². The second-order valence-corrected chi connectivity index (χ2v) is 8.00. The molecule has 0 aliphatic heterocycles. The van der Waals surface area contributed by atoms with E-state index < -0.39 is 0 Å². The molecular weight excluding hydrogens is 368 g/mol. The highest BCUT2D eigenvalue weighted by Gasteiger charge is 2.19. The van der Waals surface area contributed by atoms with Crippen LogP contribution < -0.4 is 5.32 Å². The number of H-pyrrole nitrogens is 1. The lowest BCUT2D eigenvalue weighted by molar-refractivity contribution is -0.120. The Hall–Kier alpha value is -2.58. The third-order valence-electron chi connectivity index (χ3n) is 3.89. The number of nitrogens with zero attached hydrogens (tertiary/aromatic N) is 2. The van der Waals surface area contributed by atoms with Crippen LogP contribution in [0.15, 0.2) is 57.6 Å². The molecule has 1 amide bonds. The SMILES string of the molecule is C[C@H](Sc1nnc(-c2c[nH]c3ccccc23)o1)C(=O)NCc1cccs1. The van der Waals surface area contributed by atoms with Crippen molar-refractivity contribution in [2.45, 2.75) is 23.9 Å². The van der Waals surface area contributed by atoms with Crippen LogP contribution in [0.3, 0.4) is 0 Å². The Morgan fingerprint density at radius 3 is 3.04 bits per heavy atom. The van der Waals surface area contributed by atoms with Crippen LogP contribution in [0.1, 0.15) is 11.8 Å². The molecule has 0 unspecified atom stereocenters. The first kappa shape index (κ1) is 16.9. The number of thioether (sulfide) groups is 1. The second kappa shape index (κ2) is 7.35. The van der Waals surface area contributed by atoms with Crippen LogP contribution in [-0.2, 0) is 11.3 Å². The van der Waals surface area contributed by atoms with E-state index in [-0.39, 0.29) is 11.2 Å². The van der Waals surface area contributed by atoms with Crippen LogP contribution in [0.2, 0.25) is 0 Å². The summed E-state index contributed by atoms with van der Waals surface area (Å²) >= 11 is 2.87. The molecule has 0 radical (unpaired) electrons. The third-order valence-corrected chi connectivity index (χ3v) is 5.70. The van der Waals surface area contributed by atoms with E-state index >= 15 is 0 Å². The van der Waals surface area contributed by atoms with Crippen molar-refractivity contribution >= 4 is 39.9 Å². The summed E-state index contributed by atoms with van der Waals surface area (Å²) in [6.45, 7) is 2.36. The van der Waals surface area contributed by atoms with Crippen molar-refractivity contribution in [3.05, 3.63) is 52.9 Å². The van der Waals surface area contributed by atoms with E-state index in [1.54, 1.807) is 11.3 Å². The Kier molecular flexibility index (Phi) is 4.77. The number of benzene rings is 1. The summed E-state index contributed by atoms with van der Waals surface area (Å²) in [6, 6.07) is 11.9. The number of hydrogen-bond donors (Lipinski definition) is 2. The molecule has 0 saturated heterocycles. The molecule has 8 heteroatoms. The molecule has 4 aromatic rings. The fourth-order valence-corrected chi connectivity index (χ4v) is 3.90. The van der Waals surface area contributed by atoms with Crippen molar-refractivity contribution in [1.29, 1.82) is 0 Å². The highest BCUT2D eigenvalue weighted by atomic mass is 32.2. The van der Waals surface area contributed by atoms with E-state index in [0.29, 0.717) is 17.7 Å². The Morgan fingerprint density at radius 1 is 1.31 bits per heavy atom. The summed E-state index contributed by atoms with van der Waals surface area (Å²) < 4.78 is 5.75. The lowest BCUT2D eigenvalue weighted by Gasteiger charge is -2.08. The van der Waals surface area contributed by atoms with Gasteiger partial charge in [0.1, 0.15) is 0 Å². The molecule has 0 fully saturated rings. The maximum Gasteiger partial charge on any atom is 0.277 e. The first-order valence-electron chi connectivity index (χ1n) is 8.07. The monoisotopic (exact) mass is 384 g/mol. The zero-order valence-electron chi connectivity index (χ0n) is 13.9. The van der Waals surface area contributed by atoms with Crippen molar-refractivity contribution < 1.29 is 9.21 Å². The molecule has 132 valence electrons. The van der Waals surface area contributed by atoms with Gasteiger partial charge in [-0.15, -0.1) is 21.5 Å². The lowest BCUT2D eigenvalue weighted by Crippen LogP contribution is -2.30. The maximum absolute atomic E-state index is 12.2. The summed E-state index contributed by atoms with van der Waals surface area (Å²) in [5.41, 5.74) is 1.87. The van der Waals surface area contributed by atoms with Crippen LogP contribution in [-0.4, -0.2) is 26.3 Å². The smallest absolute Gasteiger partial charge is 0.277 e. The Bertz CT molecular complexity index is 1020. The molecule has 4 rings (SSSR count). The number of amides is 1. The van der Waals surface area contributed by atoms with Gasteiger partial charge in [0, 0.05) is 22.0 Å². The predicted molar refractivity (Wildman–Crippen MR) is 103 cm³/mol. The molecule has 0 bridgehead atoms. The minimum absolute atomic E-state index is 0.0600. The molecule has 0 aliphatic rings. The molecule has 0 spiro atoms. The fraction of sp³-hybridized carbons (Fsp3) is 0.167. The van der Waals surface area contributed by atoms with Gasteiger partial charge >= 0.3 is 0 Å². The van der Waals surface area contributed by atoms with Gasteiger partial charge in [0.05, 0.1) is 17.4 Å². The van der Waals surface area contributed by atoms with Gasteiger partial charge < -0.3 is 14.7 Å². The van der Waals surface area contributed by atoms with E-state index in [2.05, 4.69) is 20.5 Å². The van der Waals surface area contributed by atoms with Crippen LogP contribution in [0.25, 0.3) is 22.4 Å². The van der Waals surface area contributed by atoms with E-state index in [4.69, 9.17) is 4.42 Å². The number of thiophene rings is 1. The van der Waals surface area contributed by atoms with Crippen LogP contribution >= 0.6 is 23.1 Å². The summed E-state index contributed by atoms with van der Waals surface area (Å²) in [5, 5.41) is 14.2. The number of rotatable bonds is 6. The summed E-state index contributed by atoms with van der Waals surface area (Å²) in [7, 11) is 0. The van der Waals surface area contributed by atoms with Gasteiger partial charge in [-0.1, -0.05) is 36.0 Å². The standard InChI is InChI=1S/C18H16N4O2S2/c1-11(16(23)20-9-12-5-4-8-25-12)26-18-22-21-17(24-18)14-10-19-15-7-3-2-6-13(14)15/h2-8,10-11,19H,9H2,1H3,(H,20,23)/t11-/m0/s1. The van der Waals surface area contributed by atoms with Crippen molar-refractivity contribution in [2.75, 3.05) is 0 Å². The van der Waals surface area contributed by atoms with Crippen molar-refractivity contribution in [3.8, 4) is 11.5 Å². The highest BCUT2D eigenvalue weighted by Crippen LogP contribution is 2.30. The maximum atomic E-state index is 12.2. The van der Waals surface area contributed by atoms with Crippen molar-refractivity contribution in [1.82, 2.24) is 20.5 Å². The number of hydrogen-bond acceptors (Lipinski definition) is 6. The van der Waals surface area contributed by atoms with Gasteiger partial charge in [-0.25, -0.2) is 0 Å². The molecule has 0 saturated carbocycles. The average Bonchev–Trinajstić information content (AvgIpc) is 3.39. The average molecular weight is 384 g/mol. The number of carbonyl (C=O) groups is 1. The molecule has 2 N–H and O–H groups in total. The highest BCUT2D eigenvalue weighted by molar-refractivity contribution is 8.00. The van der Waals surface area contributed by atoms with Gasteiger partial charge in [-0.3, -0.25) is 4.79 Å². The first-order chi connectivity index (χ1) is 12.7. The minimum Gasteiger partial charge on any atom is -0.411 e. The van der Waals surface area contributed by atoms with Gasteiger partial charge in [0.15, 0.2) is 0 Å². The summed E-state index contributed by atoms with van der Waals surface area (Å²) in [6.07, 6.45) is 1.85. The Labute approximate surface area is 158 Å². The van der Waals surface area contributed by atoms with Gasteiger partial charge in [0.25, 0.3) is 11.1 Å². The van der Waals surface area contributed by atoms with Crippen molar-refractivity contribution in [3.63, 3.8) is 0 Å². The number of aromatic amines is 1. The number of fused-ring (bicyclic) bond motifs is 1. The fourth-order valence-electron chi connectivity index (χ4n) is 2.55. The van der Waals surface area contributed by atoms with Crippen LogP contribution in [0.4, 0.5) is 0 Å². The topological polar surface area (TPSA) is 83.8 Å². The quantitative estimate of drug-likeness (QED) is 0.490. The van der Waals surface area contributed by atoms with Crippen LogP contribution in [0.5, 0.6) is 0 Å². The van der Waals surface area contributed by atoms with Gasteiger partial charge in [-0.05, 0) is 24.4 Å². The molecule has 6 nitrogen and oxygen atoms in total. The summed E-state index contributed by atoms with van der Waals surface area (Å²) in [4.78, 5) is 16.5. The molecule has 3 aromatic heterocycles. The van der Waals surface area contributed by atoms with E-state index in [0.717, 1.165) is 21.3 Å². The van der Waals surface area contributed by atoms with Gasteiger partial charge in [0.2, 0.25) is 5.91 Å². The minimum atomic E-state index is -0.328. The predicted octanol–water partition coefficient (Wildman–Crippen LogP) is 4.08. The zero-order chi connectivity index (χ0) is 17.9. The number of nitrogens with one attached hydrogen (secondary N) is 2. The number of para-hydroxylation sites is 1. The molecule has 26 heavy (non-hydrogen) atoms. The number of aromatic nitrogens is 3. The second-order valence-electron chi connectivity index (χ2n) is 5.68. The zero-order valence-corrected chi connectivity index (χ0v) is 15.6.